The molecule has 0 fully saturated rings. The maximum absolute atomic E-state index is 12.5. The highest BCUT2D eigenvalue weighted by atomic mass is 16.5. The summed E-state index contributed by atoms with van der Waals surface area (Å²) in [5, 5.41) is 23.4. The van der Waals surface area contributed by atoms with Crippen molar-refractivity contribution in [3.8, 4) is 0 Å². The van der Waals surface area contributed by atoms with Gasteiger partial charge in [0.25, 0.3) is 0 Å². The average Bonchev–Trinajstić information content (AvgIpc) is 3.48. The number of amides is 1. The Kier molecular flexibility index (Phi) is 70.8. The number of unbranched alkanes of at least 4 members (excludes halogenated alkanes) is 59. The minimum Gasteiger partial charge on any atom is -0.466 e. The van der Waals surface area contributed by atoms with Gasteiger partial charge >= 0.3 is 5.97 Å². The first-order valence-electron chi connectivity index (χ1n) is 37.9. The molecule has 0 aromatic rings. The van der Waals surface area contributed by atoms with Crippen LogP contribution in [-0.2, 0) is 14.3 Å². The molecule has 0 aliphatic heterocycles. The summed E-state index contributed by atoms with van der Waals surface area (Å²) in [6, 6.07) is -0.539. The van der Waals surface area contributed by atoms with Gasteiger partial charge in [0.15, 0.2) is 0 Å². The molecule has 82 heavy (non-hydrogen) atoms. The van der Waals surface area contributed by atoms with E-state index in [2.05, 4.69) is 31.3 Å². The number of hydrogen-bond acceptors (Lipinski definition) is 5. The zero-order valence-corrected chi connectivity index (χ0v) is 56.0. The van der Waals surface area contributed by atoms with Gasteiger partial charge in [-0.1, -0.05) is 386 Å². The number of allylic oxidation sites excluding steroid dienone is 2. The number of ether oxygens (including phenoxy) is 1. The molecule has 0 aromatic heterocycles. The number of carbonyl (C=O) groups is 2. The molecule has 6 nitrogen and oxygen atoms in total. The molecule has 0 saturated carbocycles. The lowest BCUT2D eigenvalue weighted by Gasteiger charge is -2.22. The summed E-state index contributed by atoms with van der Waals surface area (Å²) in [6.45, 7) is 5.00. The van der Waals surface area contributed by atoms with Crippen LogP contribution >= 0.6 is 0 Å². The van der Waals surface area contributed by atoms with Gasteiger partial charge in [-0.2, -0.15) is 0 Å². The predicted octanol–water partition coefficient (Wildman–Crippen LogP) is 24.7. The van der Waals surface area contributed by atoms with Crippen molar-refractivity contribution >= 4 is 11.9 Å². The minimum atomic E-state index is -0.662. The molecule has 2 atom stereocenters. The lowest BCUT2D eigenvalue weighted by molar-refractivity contribution is -0.143. The Morgan fingerprint density at radius 2 is 0.573 bits per heavy atom. The SMILES string of the molecule is CCCCCCCCCCCCCCCCCCCCCC(O)C(CO)NC(=O)CCCCCCCCCCCCCCCCCCC/C=C\CCCCCCCCCCCCCCCCOC(=O)CCCCCCCCCCCCC. The molecular formula is C76H149NO5. The fourth-order valence-electron chi connectivity index (χ4n) is 12.3. The standard InChI is InChI=1S/C76H149NO5/c1-3-5-7-9-11-13-15-16-17-18-36-39-42-45-49-52-56-60-64-68-74(79)73(72-78)77-75(80)69-65-61-57-53-50-46-43-40-37-34-32-30-28-26-24-22-20-19-21-23-25-27-29-31-33-35-38-41-44-47-51-55-59-63-67-71-82-76(81)70-66-62-58-54-48-14-12-10-8-6-4-2/h21,23,73-74,78-79H,3-20,22,24-72H2,1-2H3,(H,77,80)/b23-21-. The molecule has 3 N–H and O–H groups in total. The average molecular weight is 1160 g/mol. The quantitative estimate of drug-likeness (QED) is 0.0320. The van der Waals surface area contributed by atoms with E-state index in [0.717, 1.165) is 38.5 Å². The fraction of sp³-hybridized carbons (Fsp3) is 0.947. The number of carbonyl (C=O) groups excluding carboxylic acids is 2. The third-order valence-corrected chi connectivity index (χ3v) is 18.1. The van der Waals surface area contributed by atoms with Crippen LogP contribution in [0.3, 0.4) is 0 Å². The maximum Gasteiger partial charge on any atom is 0.305 e. The van der Waals surface area contributed by atoms with Crippen LogP contribution in [0.15, 0.2) is 12.2 Å². The highest BCUT2D eigenvalue weighted by molar-refractivity contribution is 5.76. The molecule has 0 rings (SSSR count). The fourth-order valence-corrected chi connectivity index (χ4v) is 12.3. The number of esters is 1. The minimum absolute atomic E-state index is 0.0209. The molecule has 0 spiro atoms. The predicted molar refractivity (Wildman–Crippen MR) is 361 cm³/mol. The van der Waals surface area contributed by atoms with Gasteiger partial charge in [-0.3, -0.25) is 9.59 Å². The zero-order valence-electron chi connectivity index (χ0n) is 56.0. The summed E-state index contributed by atoms with van der Waals surface area (Å²) in [5.41, 5.74) is 0. The van der Waals surface area contributed by atoms with E-state index >= 15 is 0 Å². The summed E-state index contributed by atoms with van der Waals surface area (Å²) in [4.78, 5) is 24.6. The summed E-state index contributed by atoms with van der Waals surface area (Å²) >= 11 is 0. The molecule has 6 heteroatoms. The first kappa shape index (κ1) is 80.6. The first-order chi connectivity index (χ1) is 40.5. The van der Waals surface area contributed by atoms with E-state index in [0.29, 0.717) is 25.9 Å². The maximum atomic E-state index is 12.5. The van der Waals surface area contributed by atoms with Gasteiger partial charge < -0.3 is 20.3 Å². The molecular weight excluding hydrogens is 1010 g/mol. The second-order valence-electron chi connectivity index (χ2n) is 26.3. The molecule has 488 valence electrons. The Bertz CT molecular complexity index is 1240. The summed E-state index contributed by atoms with van der Waals surface area (Å²) in [7, 11) is 0. The smallest absolute Gasteiger partial charge is 0.305 e. The molecule has 0 aliphatic rings. The Morgan fingerprint density at radius 1 is 0.329 bits per heavy atom. The van der Waals surface area contributed by atoms with Gasteiger partial charge in [0.2, 0.25) is 5.91 Å². The topological polar surface area (TPSA) is 95.9 Å². The largest absolute Gasteiger partial charge is 0.466 e. The normalized spacial score (nSPS) is 12.5. The molecule has 1 amide bonds. The second kappa shape index (κ2) is 72.1. The van der Waals surface area contributed by atoms with Gasteiger partial charge in [0.05, 0.1) is 25.4 Å². The van der Waals surface area contributed by atoms with Crippen LogP contribution in [0.1, 0.15) is 438 Å². The summed E-state index contributed by atoms with van der Waals surface area (Å²) in [6.07, 6.45) is 90.1. The van der Waals surface area contributed by atoms with Crippen molar-refractivity contribution in [2.45, 2.75) is 450 Å². The molecule has 0 aliphatic carbocycles. The number of aliphatic hydroxyl groups excluding tert-OH is 2. The third kappa shape index (κ3) is 67.7. The molecule has 0 radical (unpaired) electrons. The van der Waals surface area contributed by atoms with Crippen LogP contribution in [0.4, 0.5) is 0 Å². The summed E-state index contributed by atoms with van der Waals surface area (Å²) in [5.74, 6) is -0.00553. The van der Waals surface area contributed by atoms with Crippen molar-refractivity contribution in [1.82, 2.24) is 5.32 Å². The Hall–Kier alpha value is -1.40. The lowest BCUT2D eigenvalue weighted by atomic mass is 10.0. The number of hydrogen-bond donors (Lipinski definition) is 3. The van der Waals surface area contributed by atoms with Crippen LogP contribution in [-0.4, -0.2) is 47.4 Å². The lowest BCUT2D eigenvalue weighted by Crippen LogP contribution is -2.45. The molecule has 2 unspecified atom stereocenters. The monoisotopic (exact) mass is 1160 g/mol. The second-order valence-corrected chi connectivity index (χ2v) is 26.3. The van der Waals surface area contributed by atoms with E-state index in [1.807, 2.05) is 0 Å². The highest BCUT2D eigenvalue weighted by Gasteiger charge is 2.20. The summed E-state index contributed by atoms with van der Waals surface area (Å²) < 4.78 is 5.48. The van der Waals surface area contributed by atoms with E-state index in [-0.39, 0.29) is 18.5 Å². The van der Waals surface area contributed by atoms with Gasteiger partial charge in [0, 0.05) is 12.8 Å². The molecule has 0 saturated heterocycles. The molecule has 0 aromatic carbocycles. The first-order valence-corrected chi connectivity index (χ1v) is 37.9. The number of rotatable bonds is 72. The van der Waals surface area contributed by atoms with E-state index in [1.165, 1.54) is 366 Å². The van der Waals surface area contributed by atoms with Crippen LogP contribution in [0.5, 0.6) is 0 Å². The van der Waals surface area contributed by atoms with E-state index in [9.17, 15) is 19.8 Å². The van der Waals surface area contributed by atoms with E-state index in [4.69, 9.17) is 4.74 Å². The van der Waals surface area contributed by atoms with Crippen LogP contribution in [0.25, 0.3) is 0 Å². The Balaban J connectivity index is 3.34. The van der Waals surface area contributed by atoms with Crippen molar-refractivity contribution < 1.29 is 24.5 Å². The van der Waals surface area contributed by atoms with Gasteiger partial charge in [0.1, 0.15) is 0 Å². The van der Waals surface area contributed by atoms with E-state index in [1.54, 1.807) is 0 Å². The van der Waals surface area contributed by atoms with Gasteiger partial charge in [-0.05, 0) is 51.4 Å². The molecule has 0 bridgehead atoms. The number of aliphatic hydroxyl groups is 2. The van der Waals surface area contributed by atoms with Crippen molar-refractivity contribution in [2.75, 3.05) is 13.2 Å². The molecule has 0 heterocycles. The van der Waals surface area contributed by atoms with Gasteiger partial charge in [-0.15, -0.1) is 0 Å². The van der Waals surface area contributed by atoms with Crippen molar-refractivity contribution in [2.24, 2.45) is 0 Å². The van der Waals surface area contributed by atoms with Crippen molar-refractivity contribution in [1.29, 1.82) is 0 Å². The number of nitrogens with one attached hydrogen (secondary N) is 1. The van der Waals surface area contributed by atoms with Crippen LogP contribution < -0.4 is 5.32 Å². The van der Waals surface area contributed by atoms with Crippen molar-refractivity contribution in [3.63, 3.8) is 0 Å². The highest BCUT2D eigenvalue weighted by Crippen LogP contribution is 2.20. The Morgan fingerprint density at radius 3 is 0.866 bits per heavy atom. The third-order valence-electron chi connectivity index (χ3n) is 18.1. The van der Waals surface area contributed by atoms with E-state index < -0.39 is 12.1 Å². The zero-order chi connectivity index (χ0) is 59.2. The van der Waals surface area contributed by atoms with Gasteiger partial charge in [-0.25, -0.2) is 0 Å². The Labute approximate surface area is 514 Å². The van der Waals surface area contributed by atoms with Crippen molar-refractivity contribution in [3.05, 3.63) is 12.2 Å². The van der Waals surface area contributed by atoms with Crippen LogP contribution in [0.2, 0.25) is 0 Å². The van der Waals surface area contributed by atoms with Crippen LogP contribution in [0, 0.1) is 0 Å².